The van der Waals surface area contributed by atoms with Crippen LogP contribution in [0.5, 0.6) is 0 Å². The third-order valence-electron chi connectivity index (χ3n) is 15.4. The van der Waals surface area contributed by atoms with Gasteiger partial charge in [-0.1, -0.05) is 243 Å². The molecule has 4 heterocycles. The second-order valence-electron chi connectivity index (χ2n) is 21.6. The van der Waals surface area contributed by atoms with Crippen LogP contribution in [0, 0.1) is 0 Å². The van der Waals surface area contributed by atoms with Crippen LogP contribution in [0.15, 0.2) is 243 Å². The van der Waals surface area contributed by atoms with Crippen molar-refractivity contribution in [2.24, 2.45) is 0 Å². The van der Waals surface area contributed by atoms with Crippen molar-refractivity contribution < 1.29 is 58.6 Å². The SMILES string of the molecule is O=C1[C@@H]([C@@H](O)c2ccccc2)OCCN1Cc1ccccc1.O=C1[C@@H]([C@H](O)c2ccccc2)OCCN1Cc1ccccc1.O=C1[C@H]([C@@H](O)c2ccccc2)OCCN1Cc1ccccc1.O=C1[C@H]([C@H](O)c2ccccc2)OCCN1Cc1ccccc1. The molecule has 88 heavy (non-hydrogen) atoms. The minimum Gasteiger partial charge on any atom is -0.385 e. The molecule has 8 atom stereocenters. The van der Waals surface area contributed by atoms with Crippen molar-refractivity contribution >= 4 is 23.6 Å². The van der Waals surface area contributed by atoms with Crippen LogP contribution in [0.4, 0.5) is 0 Å². The van der Waals surface area contributed by atoms with Gasteiger partial charge in [0.2, 0.25) is 0 Å². The number of hydrogen-bond donors (Lipinski definition) is 4. The Bertz CT molecular complexity index is 2910. The van der Waals surface area contributed by atoms with E-state index in [9.17, 15) is 39.6 Å². The standard InChI is InChI=1S/4C18H19NO3/c4*20-16(15-9-5-2-6-10-15)17-18(21)19(11-12-22-17)13-14-7-3-1-4-8-14/h4*1-10,16-17,20H,11-13H2/t2*16-,17+;2*16-,17-/m1010/s1. The molecule has 0 radical (unpaired) electrons. The van der Waals surface area contributed by atoms with Crippen LogP contribution in [0.1, 0.15) is 68.9 Å². The maximum atomic E-state index is 12.6. The summed E-state index contributed by atoms with van der Waals surface area (Å²) in [5, 5.41) is 41.7. The Kier molecular flexibility index (Phi) is 23.8. The molecule has 456 valence electrons. The Labute approximate surface area is 514 Å². The van der Waals surface area contributed by atoms with Crippen LogP contribution >= 0.6 is 0 Å². The van der Waals surface area contributed by atoms with Gasteiger partial charge in [-0.3, -0.25) is 19.2 Å². The highest BCUT2D eigenvalue weighted by Gasteiger charge is 2.39. The topological polar surface area (TPSA) is 199 Å². The number of aliphatic hydroxyl groups excluding tert-OH is 4. The molecule has 0 bridgehead atoms. The molecule has 0 aliphatic carbocycles. The van der Waals surface area contributed by atoms with E-state index in [2.05, 4.69) is 0 Å². The van der Waals surface area contributed by atoms with E-state index >= 15 is 0 Å². The lowest BCUT2D eigenvalue weighted by Crippen LogP contribution is -2.49. The zero-order chi connectivity index (χ0) is 61.5. The Balaban J connectivity index is 0.000000140. The summed E-state index contributed by atoms with van der Waals surface area (Å²) in [5.41, 5.74) is 7.09. The van der Waals surface area contributed by atoms with Gasteiger partial charge >= 0.3 is 0 Å². The average molecular weight is 1190 g/mol. The molecule has 0 aromatic heterocycles. The molecule has 0 saturated carbocycles. The number of rotatable bonds is 16. The lowest BCUT2D eigenvalue weighted by atomic mass is 10.0. The number of nitrogens with zero attached hydrogens (tertiary/aromatic N) is 4. The fourth-order valence-corrected chi connectivity index (χ4v) is 10.7. The van der Waals surface area contributed by atoms with Gasteiger partial charge in [0.25, 0.3) is 23.6 Å². The van der Waals surface area contributed by atoms with E-state index in [1.807, 2.05) is 194 Å². The number of amides is 4. The summed E-state index contributed by atoms with van der Waals surface area (Å²) in [7, 11) is 0. The van der Waals surface area contributed by atoms with Gasteiger partial charge in [-0.05, 0) is 44.5 Å². The van der Waals surface area contributed by atoms with E-state index in [-0.39, 0.29) is 23.6 Å². The molecule has 4 aliphatic rings. The largest absolute Gasteiger partial charge is 0.385 e. The van der Waals surface area contributed by atoms with Gasteiger partial charge in [0.1, 0.15) is 24.4 Å². The van der Waals surface area contributed by atoms with Crippen LogP contribution in [-0.2, 0) is 64.3 Å². The maximum Gasteiger partial charge on any atom is 0.255 e. The Morgan fingerprint density at radius 3 is 0.602 bits per heavy atom. The minimum absolute atomic E-state index is 0.161. The monoisotopic (exact) mass is 1190 g/mol. The third-order valence-corrected chi connectivity index (χ3v) is 15.4. The van der Waals surface area contributed by atoms with Crippen molar-refractivity contribution in [2.45, 2.75) is 75.0 Å². The van der Waals surface area contributed by atoms with Crippen molar-refractivity contribution in [3.63, 3.8) is 0 Å². The summed E-state index contributed by atoms with van der Waals surface area (Å²) in [6.45, 7) is 6.11. The number of carbonyl (C=O) groups is 4. The fourth-order valence-electron chi connectivity index (χ4n) is 10.7. The maximum absolute atomic E-state index is 12.6. The number of aliphatic hydroxyl groups is 4. The first-order valence-electron chi connectivity index (χ1n) is 29.7. The van der Waals surface area contributed by atoms with Crippen LogP contribution in [0.3, 0.4) is 0 Å². The van der Waals surface area contributed by atoms with Gasteiger partial charge in [-0.2, -0.15) is 0 Å². The van der Waals surface area contributed by atoms with E-state index in [0.717, 1.165) is 22.3 Å². The zero-order valence-corrected chi connectivity index (χ0v) is 49.0. The molecule has 8 aromatic carbocycles. The van der Waals surface area contributed by atoms with Gasteiger partial charge in [-0.15, -0.1) is 0 Å². The molecule has 8 aromatic rings. The molecule has 16 heteroatoms. The predicted molar refractivity (Wildman–Crippen MR) is 332 cm³/mol. The second kappa shape index (κ2) is 32.9. The molecular weight excluding hydrogens is 1110 g/mol. The molecular formula is C72H76N4O12. The van der Waals surface area contributed by atoms with Crippen LogP contribution in [0.25, 0.3) is 0 Å². The van der Waals surface area contributed by atoms with Crippen LogP contribution < -0.4 is 0 Å². The minimum atomic E-state index is -0.938. The first kappa shape index (κ1) is 63.8. The number of benzene rings is 8. The van der Waals surface area contributed by atoms with Crippen molar-refractivity contribution in [1.29, 1.82) is 0 Å². The first-order valence-corrected chi connectivity index (χ1v) is 29.7. The van der Waals surface area contributed by atoms with Crippen LogP contribution in [0.2, 0.25) is 0 Å². The molecule has 12 rings (SSSR count). The zero-order valence-electron chi connectivity index (χ0n) is 49.0. The fraction of sp³-hybridized carbons (Fsp3) is 0.278. The highest BCUT2D eigenvalue weighted by atomic mass is 16.5. The summed E-state index contributed by atoms with van der Waals surface area (Å²) in [6, 6.07) is 76.0. The molecule has 16 nitrogen and oxygen atoms in total. The van der Waals surface area contributed by atoms with Crippen molar-refractivity contribution in [3.05, 3.63) is 287 Å². The third kappa shape index (κ3) is 17.7. The summed E-state index contributed by atoms with van der Waals surface area (Å²) in [6.07, 6.45) is -7.08. The number of ether oxygens (including phenoxy) is 4. The number of hydrogen-bond acceptors (Lipinski definition) is 12. The average Bonchev–Trinajstić information content (AvgIpc) is 3.54. The van der Waals surface area contributed by atoms with E-state index in [1.54, 1.807) is 68.1 Å². The Morgan fingerprint density at radius 1 is 0.273 bits per heavy atom. The molecule has 4 fully saturated rings. The van der Waals surface area contributed by atoms with Crippen molar-refractivity contribution in [2.75, 3.05) is 52.6 Å². The van der Waals surface area contributed by atoms with Gasteiger partial charge in [0, 0.05) is 52.4 Å². The molecule has 4 amide bonds. The van der Waals surface area contributed by atoms with Gasteiger partial charge < -0.3 is 59.0 Å². The van der Waals surface area contributed by atoms with Gasteiger partial charge in [-0.25, -0.2) is 0 Å². The van der Waals surface area contributed by atoms with E-state index in [4.69, 9.17) is 18.9 Å². The molecule has 4 aliphatic heterocycles. The van der Waals surface area contributed by atoms with Crippen molar-refractivity contribution in [3.8, 4) is 0 Å². The van der Waals surface area contributed by atoms with Gasteiger partial charge in [0.15, 0.2) is 24.4 Å². The smallest absolute Gasteiger partial charge is 0.255 e. The molecule has 0 unspecified atom stereocenters. The predicted octanol–water partition coefficient (Wildman–Crippen LogP) is 8.59. The van der Waals surface area contributed by atoms with E-state index < -0.39 is 48.8 Å². The molecule has 0 spiro atoms. The normalized spacial score (nSPS) is 20.0. The second-order valence-corrected chi connectivity index (χ2v) is 21.6. The lowest BCUT2D eigenvalue weighted by molar-refractivity contribution is -0.164. The lowest BCUT2D eigenvalue weighted by Gasteiger charge is -2.34. The summed E-state index contributed by atoms with van der Waals surface area (Å²) in [4.78, 5) is 57.3. The van der Waals surface area contributed by atoms with Gasteiger partial charge in [0.05, 0.1) is 26.4 Å². The molecule has 4 saturated heterocycles. The van der Waals surface area contributed by atoms with Crippen molar-refractivity contribution in [1.82, 2.24) is 19.6 Å². The molecule has 4 N–H and O–H groups in total. The quantitative estimate of drug-likeness (QED) is 0.0720. The Hall–Kier alpha value is -8.68. The van der Waals surface area contributed by atoms with E-state index in [0.29, 0.717) is 101 Å². The van der Waals surface area contributed by atoms with E-state index in [1.165, 1.54) is 0 Å². The number of carbonyl (C=O) groups excluding carboxylic acids is 4. The highest BCUT2D eigenvalue weighted by Crippen LogP contribution is 2.28. The highest BCUT2D eigenvalue weighted by molar-refractivity contribution is 5.84. The first-order chi connectivity index (χ1) is 43.0. The summed E-state index contributed by atoms with van der Waals surface area (Å²) in [5.74, 6) is -0.643. The van der Waals surface area contributed by atoms with Crippen LogP contribution in [-0.4, -0.2) is 141 Å². The summed E-state index contributed by atoms with van der Waals surface area (Å²) < 4.78 is 22.1. The summed E-state index contributed by atoms with van der Waals surface area (Å²) >= 11 is 0. The number of morpholine rings is 4. The Morgan fingerprint density at radius 2 is 0.432 bits per heavy atom.